The molecule has 0 radical (unpaired) electrons. The van der Waals surface area contributed by atoms with Gasteiger partial charge in [0.1, 0.15) is 0 Å². The largest absolute Gasteiger partial charge is 0.453 e. The van der Waals surface area contributed by atoms with Gasteiger partial charge in [0.2, 0.25) is 0 Å². The molecule has 0 aliphatic carbocycles. The highest BCUT2D eigenvalue weighted by Crippen LogP contribution is 2.33. The van der Waals surface area contributed by atoms with Crippen molar-refractivity contribution in [2.45, 2.75) is 0 Å². The van der Waals surface area contributed by atoms with E-state index in [4.69, 9.17) is 14.2 Å². The lowest BCUT2D eigenvalue weighted by atomic mass is 10.2. The van der Waals surface area contributed by atoms with Crippen molar-refractivity contribution in [3.63, 3.8) is 0 Å². The predicted octanol–water partition coefficient (Wildman–Crippen LogP) is 2.97. The van der Waals surface area contributed by atoms with Crippen LogP contribution in [0.2, 0.25) is 0 Å². The summed E-state index contributed by atoms with van der Waals surface area (Å²) in [6.07, 6.45) is 0. The summed E-state index contributed by atoms with van der Waals surface area (Å²) in [7, 11) is 0. The maximum Gasteiger partial charge on any atom is 0.150 e. The number of fused-ring (bicyclic) bond motifs is 12. The molecule has 3 heterocycles. The monoisotopic (exact) mass is 426 g/mol. The number of ether oxygens (including phenoxy) is 3. The molecule has 0 unspecified atom stereocenters. The molecule has 5 rings (SSSR count). The highest BCUT2D eigenvalue weighted by atomic mass is 16.5. The molecule has 3 aliphatic rings. The third kappa shape index (κ3) is 6.83. The van der Waals surface area contributed by atoms with Crippen molar-refractivity contribution in [3.8, 4) is 11.5 Å². The quantitative estimate of drug-likeness (QED) is 0.672. The van der Waals surface area contributed by atoms with E-state index >= 15 is 0 Å². The normalized spacial score (nSPS) is 23.7. The summed E-state index contributed by atoms with van der Waals surface area (Å²) >= 11 is 0. The summed E-state index contributed by atoms with van der Waals surface area (Å²) in [4.78, 5) is 4.80. The van der Waals surface area contributed by atoms with Crippen molar-refractivity contribution in [1.29, 1.82) is 0 Å². The standard InChI is InChI=1S/C24H34N4O3/c1-3-7-23-21(5-1)25-9-11-27-13-17-29-19-15-28(16-20-30-18-14-27)12-10-26-22-6-2-4-8-24(22)31-23/h1-8,25-26H,9-20H2. The molecule has 168 valence electrons. The Labute approximate surface area is 185 Å². The fourth-order valence-electron chi connectivity index (χ4n) is 3.87. The molecule has 2 aromatic carbocycles. The third-order valence-electron chi connectivity index (χ3n) is 5.69. The summed E-state index contributed by atoms with van der Waals surface area (Å²) in [6, 6.07) is 16.2. The molecule has 3 aliphatic heterocycles. The average molecular weight is 427 g/mol. The van der Waals surface area contributed by atoms with E-state index in [9.17, 15) is 0 Å². The van der Waals surface area contributed by atoms with Crippen LogP contribution in [0.15, 0.2) is 48.5 Å². The van der Waals surface area contributed by atoms with Gasteiger partial charge in [-0.1, -0.05) is 24.3 Å². The summed E-state index contributed by atoms with van der Waals surface area (Å²) in [6.45, 7) is 10.2. The fraction of sp³-hybridized carbons (Fsp3) is 0.500. The Hall–Kier alpha value is -2.32. The first-order valence-corrected chi connectivity index (χ1v) is 11.3. The van der Waals surface area contributed by atoms with Crippen molar-refractivity contribution < 1.29 is 14.2 Å². The zero-order chi connectivity index (χ0) is 21.1. The van der Waals surface area contributed by atoms with E-state index in [0.717, 1.165) is 102 Å². The van der Waals surface area contributed by atoms with E-state index in [1.54, 1.807) is 0 Å². The number of para-hydroxylation sites is 4. The molecular weight excluding hydrogens is 392 g/mol. The van der Waals surface area contributed by atoms with Gasteiger partial charge in [-0.15, -0.1) is 0 Å². The average Bonchev–Trinajstić information content (AvgIpc) is 2.78. The second-order valence-corrected chi connectivity index (χ2v) is 7.86. The van der Waals surface area contributed by atoms with E-state index in [0.29, 0.717) is 0 Å². The number of hydrogen-bond acceptors (Lipinski definition) is 7. The van der Waals surface area contributed by atoms with Crippen molar-refractivity contribution >= 4 is 11.4 Å². The minimum atomic E-state index is 0.749. The fourth-order valence-corrected chi connectivity index (χ4v) is 3.87. The minimum absolute atomic E-state index is 0.749. The maximum atomic E-state index is 6.33. The molecule has 7 heteroatoms. The number of nitrogens with one attached hydrogen (secondary N) is 2. The lowest BCUT2D eigenvalue weighted by Gasteiger charge is -2.27. The van der Waals surface area contributed by atoms with Gasteiger partial charge in [0.25, 0.3) is 0 Å². The van der Waals surface area contributed by atoms with E-state index in [1.165, 1.54) is 0 Å². The van der Waals surface area contributed by atoms with Crippen molar-refractivity contribution in [1.82, 2.24) is 9.80 Å². The highest BCUT2D eigenvalue weighted by Gasteiger charge is 2.12. The second kappa shape index (κ2) is 11.9. The number of rotatable bonds is 0. The van der Waals surface area contributed by atoms with E-state index < -0.39 is 0 Å². The SMILES string of the molecule is c1ccc2c(c1)NCCN1CCOCCN(CCNc3ccccc3O2)CCOCC1. The van der Waals surface area contributed by atoms with Crippen LogP contribution in [0.25, 0.3) is 0 Å². The zero-order valence-corrected chi connectivity index (χ0v) is 18.2. The molecule has 7 nitrogen and oxygen atoms in total. The van der Waals surface area contributed by atoms with Gasteiger partial charge < -0.3 is 24.8 Å². The number of benzene rings is 2. The Morgan fingerprint density at radius 3 is 1.42 bits per heavy atom. The van der Waals surface area contributed by atoms with Gasteiger partial charge in [0, 0.05) is 52.4 Å². The van der Waals surface area contributed by atoms with Crippen molar-refractivity contribution in [3.05, 3.63) is 48.5 Å². The summed E-state index contributed by atoms with van der Waals surface area (Å²) in [5, 5.41) is 7.10. The molecule has 0 saturated carbocycles. The Kier molecular flexibility index (Phi) is 8.41. The van der Waals surface area contributed by atoms with E-state index in [1.807, 2.05) is 36.4 Å². The van der Waals surface area contributed by atoms with Gasteiger partial charge >= 0.3 is 0 Å². The lowest BCUT2D eigenvalue weighted by molar-refractivity contribution is 0.0399. The molecule has 2 aromatic rings. The van der Waals surface area contributed by atoms with Crippen molar-refractivity contribution in [2.75, 3.05) is 89.4 Å². The van der Waals surface area contributed by atoms with Crippen molar-refractivity contribution in [2.24, 2.45) is 0 Å². The molecule has 2 N–H and O–H groups in total. The maximum absolute atomic E-state index is 6.33. The Morgan fingerprint density at radius 1 is 0.548 bits per heavy atom. The van der Waals surface area contributed by atoms with Gasteiger partial charge in [-0.25, -0.2) is 0 Å². The number of anilines is 2. The highest BCUT2D eigenvalue weighted by molar-refractivity contribution is 5.62. The Bertz CT molecular complexity index is 726. The first kappa shape index (κ1) is 21.9. The molecule has 31 heavy (non-hydrogen) atoms. The molecule has 1 saturated heterocycles. The first-order valence-electron chi connectivity index (χ1n) is 11.3. The van der Waals surface area contributed by atoms with Crippen LogP contribution in [0, 0.1) is 0 Å². The first-order chi connectivity index (χ1) is 15.4. The number of hydrogen-bond donors (Lipinski definition) is 2. The topological polar surface area (TPSA) is 58.2 Å². The van der Waals surface area contributed by atoms with Crippen LogP contribution < -0.4 is 15.4 Å². The van der Waals surface area contributed by atoms with E-state index in [2.05, 4.69) is 32.6 Å². The van der Waals surface area contributed by atoms with Gasteiger partial charge in [0.15, 0.2) is 11.5 Å². The van der Waals surface area contributed by atoms with Crippen LogP contribution in [0.4, 0.5) is 11.4 Å². The van der Waals surface area contributed by atoms with Crippen LogP contribution >= 0.6 is 0 Å². The van der Waals surface area contributed by atoms with Gasteiger partial charge in [-0.05, 0) is 24.3 Å². The summed E-state index contributed by atoms with van der Waals surface area (Å²) < 4.78 is 18.2. The smallest absolute Gasteiger partial charge is 0.150 e. The van der Waals surface area contributed by atoms with E-state index in [-0.39, 0.29) is 0 Å². The minimum Gasteiger partial charge on any atom is -0.453 e. The molecule has 2 bridgehead atoms. The molecule has 0 atom stereocenters. The Balaban J connectivity index is 1.55. The number of nitrogens with zero attached hydrogens (tertiary/aromatic N) is 2. The van der Waals surface area contributed by atoms with Crippen LogP contribution in [-0.4, -0.2) is 88.6 Å². The van der Waals surface area contributed by atoms with Gasteiger partial charge in [-0.3, -0.25) is 9.80 Å². The third-order valence-corrected chi connectivity index (χ3v) is 5.69. The zero-order valence-electron chi connectivity index (χ0n) is 18.2. The van der Waals surface area contributed by atoms with Gasteiger partial charge in [-0.2, -0.15) is 0 Å². The Morgan fingerprint density at radius 2 is 0.968 bits per heavy atom. The second-order valence-electron chi connectivity index (χ2n) is 7.86. The van der Waals surface area contributed by atoms with Crippen LogP contribution in [0.1, 0.15) is 0 Å². The molecule has 0 amide bonds. The predicted molar refractivity (Wildman–Crippen MR) is 124 cm³/mol. The van der Waals surface area contributed by atoms with Crippen LogP contribution in [0.5, 0.6) is 11.5 Å². The molecule has 0 spiro atoms. The summed E-state index contributed by atoms with van der Waals surface area (Å²) in [5.41, 5.74) is 2.00. The molecular formula is C24H34N4O3. The molecule has 1 fully saturated rings. The summed E-state index contributed by atoms with van der Waals surface area (Å²) in [5.74, 6) is 1.66. The van der Waals surface area contributed by atoms with Gasteiger partial charge in [0.05, 0.1) is 37.8 Å². The molecule has 0 aromatic heterocycles. The van der Waals surface area contributed by atoms with Crippen LogP contribution in [0.3, 0.4) is 0 Å². The van der Waals surface area contributed by atoms with Crippen LogP contribution in [-0.2, 0) is 9.47 Å². The lowest BCUT2D eigenvalue weighted by Crippen LogP contribution is -2.39.